The molecule has 0 saturated heterocycles. The highest BCUT2D eigenvalue weighted by Gasteiger charge is 2.08. The smallest absolute Gasteiger partial charge is 0.261 e. The molecule has 6 heteroatoms. The maximum Gasteiger partial charge on any atom is 0.261 e. The minimum atomic E-state index is -0.142. The second-order valence-electron chi connectivity index (χ2n) is 5.83. The van der Waals surface area contributed by atoms with Crippen molar-refractivity contribution in [1.82, 2.24) is 14.9 Å². The Hall–Kier alpha value is -2.66. The van der Waals surface area contributed by atoms with Gasteiger partial charge in [-0.2, -0.15) is 0 Å². The first-order chi connectivity index (χ1) is 12.1. The Morgan fingerprint density at radius 1 is 1.20 bits per heavy atom. The van der Waals surface area contributed by atoms with Crippen LogP contribution in [0.1, 0.15) is 17.5 Å². The molecule has 1 heterocycles. The van der Waals surface area contributed by atoms with Crippen molar-refractivity contribution in [2.45, 2.75) is 26.4 Å². The van der Waals surface area contributed by atoms with Crippen molar-refractivity contribution in [2.24, 2.45) is 0 Å². The minimum absolute atomic E-state index is 0.132. The molecule has 3 rings (SSSR count). The number of halogens is 1. The topological polar surface area (TPSA) is 64.0 Å². The molecule has 3 aromatic rings. The van der Waals surface area contributed by atoms with Crippen LogP contribution in [0.25, 0.3) is 10.9 Å². The summed E-state index contributed by atoms with van der Waals surface area (Å²) >= 11 is 6.06. The van der Waals surface area contributed by atoms with Crippen LogP contribution >= 0.6 is 11.6 Å². The van der Waals surface area contributed by atoms with Crippen molar-refractivity contribution >= 4 is 28.4 Å². The Kier molecular flexibility index (Phi) is 5.14. The van der Waals surface area contributed by atoms with Gasteiger partial charge in [-0.25, -0.2) is 4.98 Å². The van der Waals surface area contributed by atoms with Gasteiger partial charge in [-0.3, -0.25) is 14.2 Å². The zero-order valence-electron chi connectivity index (χ0n) is 13.8. The molecule has 0 unspecified atom stereocenters. The Labute approximate surface area is 150 Å². The van der Waals surface area contributed by atoms with Crippen LogP contribution in [0, 0.1) is 6.92 Å². The van der Waals surface area contributed by atoms with Gasteiger partial charge in [-0.15, -0.1) is 0 Å². The minimum Gasteiger partial charge on any atom is -0.352 e. The fourth-order valence-corrected chi connectivity index (χ4v) is 2.85. The Morgan fingerprint density at radius 3 is 2.80 bits per heavy atom. The van der Waals surface area contributed by atoms with Crippen LogP contribution < -0.4 is 10.9 Å². The zero-order chi connectivity index (χ0) is 17.8. The molecule has 0 saturated carbocycles. The van der Waals surface area contributed by atoms with Crippen LogP contribution in [-0.4, -0.2) is 15.5 Å². The maximum atomic E-state index is 12.5. The molecular weight excluding hydrogens is 338 g/mol. The van der Waals surface area contributed by atoms with Crippen LogP contribution in [0.15, 0.2) is 53.6 Å². The number of nitrogens with one attached hydrogen (secondary N) is 1. The van der Waals surface area contributed by atoms with E-state index in [-0.39, 0.29) is 24.4 Å². The first kappa shape index (κ1) is 17.2. The Balaban J connectivity index is 1.64. The molecular formula is C19H18ClN3O2. The predicted octanol–water partition coefficient (Wildman–Crippen LogP) is 3.06. The number of nitrogens with zero attached hydrogens (tertiary/aromatic N) is 2. The van der Waals surface area contributed by atoms with E-state index in [0.717, 1.165) is 11.1 Å². The number of aryl methyl sites for hydroxylation is 2. The fraction of sp³-hybridized carbons (Fsp3) is 0.211. The molecule has 0 aliphatic heterocycles. The Bertz CT molecular complexity index is 982. The number of benzene rings is 2. The molecule has 0 atom stereocenters. The number of carbonyl (C=O) groups excluding carboxylic acids is 1. The van der Waals surface area contributed by atoms with E-state index in [1.54, 1.807) is 12.1 Å². The molecule has 0 radical (unpaired) electrons. The largest absolute Gasteiger partial charge is 0.352 e. The first-order valence-electron chi connectivity index (χ1n) is 8.01. The second-order valence-corrected chi connectivity index (χ2v) is 6.24. The van der Waals surface area contributed by atoms with E-state index in [0.29, 0.717) is 22.5 Å². The lowest BCUT2D eigenvalue weighted by atomic mass is 10.1. The summed E-state index contributed by atoms with van der Waals surface area (Å²) in [6, 6.07) is 12.9. The summed E-state index contributed by atoms with van der Waals surface area (Å²) in [6.45, 7) is 2.56. The molecule has 128 valence electrons. The average molecular weight is 356 g/mol. The maximum absolute atomic E-state index is 12.5. The van der Waals surface area contributed by atoms with E-state index in [4.69, 9.17) is 11.6 Å². The highest BCUT2D eigenvalue weighted by atomic mass is 35.5. The summed E-state index contributed by atoms with van der Waals surface area (Å²) in [5, 5.41) is 4.00. The molecule has 1 aromatic heterocycles. The first-order valence-corrected chi connectivity index (χ1v) is 8.39. The second kappa shape index (κ2) is 7.49. The molecule has 1 N–H and O–H groups in total. The number of hydrogen-bond donors (Lipinski definition) is 1. The molecule has 0 bridgehead atoms. The Morgan fingerprint density at radius 2 is 2.00 bits per heavy atom. The van der Waals surface area contributed by atoms with Crippen molar-refractivity contribution in [2.75, 3.05) is 0 Å². The van der Waals surface area contributed by atoms with Gasteiger partial charge in [0.15, 0.2) is 0 Å². The molecule has 0 spiro atoms. The molecule has 0 fully saturated rings. The average Bonchev–Trinajstić information content (AvgIpc) is 2.61. The van der Waals surface area contributed by atoms with Gasteiger partial charge in [-0.1, -0.05) is 41.9 Å². The van der Waals surface area contributed by atoms with E-state index in [1.807, 2.05) is 37.3 Å². The van der Waals surface area contributed by atoms with Crippen LogP contribution in [0.5, 0.6) is 0 Å². The number of carbonyl (C=O) groups is 1. The van der Waals surface area contributed by atoms with Gasteiger partial charge in [0.25, 0.3) is 5.56 Å². The lowest BCUT2D eigenvalue weighted by Crippen LogP contribution is -2.27. The summed E-state index contributed by atoms with van der Waals surface area (Å²) in [7, 11) is 0. The molecule has 2 aromatic carbocycles. The lowest BCUT2D eigenvalue weighted by molar-refractivity contribution is -0.121. The van der Waals surface area contributed by atoms with Crippen molar-refractivity contribution in [1.29, 1.82) is 0 Å². The van der Waals surface area contributed by atoms with Gasteiger partial charge < -0.3 is 5.32 Å². The molecule has 5 nitrogen and oxygen atoms in total. The fourth-order valence-electron chi connectivity index (χ4n) is 2.64. The predicted molar refractivity (Wildman–Crippen MR) is 98.7 cm³/mol. The summed E-state index contributed by atoms with van der Waals surface area (Å²) in [5.74, 6) is -0.142. The van der Waals surface area contributed by atoms with Crippen LogP contribution in [0.2, 0.25) is 5.02 Å². The van der Waals surface area contributed by atoms with E-state index in [9.17, 15) is 9.59 Å². The highest BCUT2D eigenvalue weighted by molar-refractivity contribution is 6.31. The highest BCUT2D eigenvalue weighted by Crippen LogP contribution is 2.14. The van der Waals surface area contributed by atoms with E-state index in [1.165, 1.54) is 10.9 Å². The normalized spacial score (nSPS) is 10.8. The lowest BCUT2D eigenvalue weighted by Gasteiger charge is -2.09. The summed E-state index contributed by atoms with van der Waals surface area (Å²) in [5.41, 5.74) is 2.39. The van der Waals surface area contributed by atoms with Gasteiger partial charge in [0.1, 0.15) is 0 Å². The number of hydrogen-bond acceptors (Lipinski definition) is 3. The van der Waals surface area contributed by atoms with Crippen molar-refractivity contribution in [3.8, 4) is 0 Å². The van der Waals surface area contributed by atoms with Crippen LogP contribution in [0.4, 0.5) is 0 Å². The monoisotopic (exact) mass is 355 g/mol. The molecule has 0 aliphatic carbocycles. The van der Waals surface area contributed by atoms with Gasteiger partial charge >= 0.3 is 0 Å². The van der Waals surface area contributed by atoms with Crippen molar-refractivity contribution in [3.63, 3.8) is 0 Å². The van der Waals surface area contributed by atoms with Gasteiger partial charge in [-0.05, 0) is 30.2 Å². The summed E-state index contributed by atoms with van der Waals surface area (Å²) < 4.78 is 1.47. The SMILES string of the molecule is Cc1cccc2c(=O)n(CCC(=O)NCc3ccccc3Cl)cnc12. The third kappa shape index (κ3) is 3.88. The number of para-hydroxylation sites is 1. The summed E-state index contributed by atoms with van der Waals surface area (Å²) in [6.07, 6.45) is 1.70. The van der Waals surface area contributed by atoms with E-state index >= 15 is 0 Å². The molecule has 0 aliphatic rings. The van der Waals surface area contributed by atoms with Crippen molar-refractivity contribution in [3.05, 3.63) is 75.3 Å². The molecule has 1 amide bonds. The van der Waals surface area contributed by atoms with Gasteiger partial charge in [0, 0.05) is 24.5 Å². The third-order valence-electron chi connectivity index (χ3n) is 4.07. The number of aromatic nitrogens is 2. The van der Waals surface area contributed by atoms with Crippen molar-refractivity contribution < 1.29 is 4.79 Å². The summed E-state index contributed by atoms with van der Waals surface area (Å²) in [4.78, 5) is 28.9. The number of rotatable bonds is 5. The van der Waals surface area contributed by atoms with E-state index < -0.39 is 0 Å². The van der Waals surface area contributed by atoms with Crippen LogP contribution in [0.3, 0.4) is 0 Å². The van der Waals surface area contributed by atoms with E-state index in [2.05, 4.69) is 10.3 Å². The molecule has 25 heavy (non-hydrogen) atoms. The number of amides is 1. The standard InChI is InChI=1S/C19H18ClN3O2/c1-13-5-4-7-15-18(13)22-12-23(19(15)25)10-9-17(24)21-11-14-6-2-3-8-16(14)20/h2-8,12H,9-11H2,1H3,(H,21,24). The zero-order valence-corrected chi connectivity index (χ0v) is 14.6. The van der Waals surface area contributed by atoms with Gasteiger partial charge in [0.05, 0.1) is 17.2 Å². The number of fused-ring (bicyclic) bond motifs is 1. The quantitative estimate of drug-likeness (QED) is 0.765. The van der Waals surface area contributed by atoms with Gasteiger partial charge in [0.2, 0.25) is 5.91 Å². The third-order valence-corrected chi connectivity index (χ3v) is 4.44. The van der Waals surface area contributed by atoms with Crippen LogP contribution in [-0.2, 0) is 17.9 Å².